The van der Waals surface area contributed by atoms with Gasteiger partial charge < -0.3 is 25.3 Å². The van der Waals surface area contributed by atoms with Gasteiger partial charge in [0, 0.05) is 18.9 Å². The molecule has 6 nitrogen and oxygen atoms in total. The molecule has 6 heteroatoms. The lowest BCUT2D eigenvalue weighted by Crippen LogP contribution is -2.22. The van der Waals surface area contributed by atoms with E-state index < -0.39 is 0 Å². The van der Waals surface area contributed by atoms with Crippen LogP contribution in [0, 0.1) is 0 Å². The first-order valence-electron chi connectivity index (χ1n) is 9.33. The molecular weight excluding hydrogens is 366 g/mol. The van der Waals surface area contributed by atoms with Gasteiger partial charge in [-0.2, -0.15) is 0 Å². The highest BCUT2D eigenvalue weighted by atomic mass is 16.5. The molecule has 0 heterocycles. The van der Waals surface area contributed by atoms with Crippen molar-refractivity contribution in [3.8, 4) is 17.2 Å². The molecule has 0 amide bonds. The van der Waals surface area contributed by atoms with E-state index in [2.05, 4.69) is 10.3 Å². The van der Waals surface area contributed by atoms with Crippen LogP contribution in [0.1, 0.15) is 5.56 Å². The molecule has 3 rings (SSSR count). The summed E-state index contributed by atoms with van der Waals surface area (Å²) in [6.45, 7) is 1.56. The van der Waals surface area contributed by atoms with E-state index in [1.54, 1.807) is 7.11 Å². The minimum atomic E-state index is 0.335. The maximum Gasteiger partial charge on any atom is 0.193 e. The Morgan fingerprint density at radius 2 is 1.62 bits per heavy atom. The third kappa shape index (κ3) is 6.86. The van der Waals surface area contributed by atoms with Gasteiger partial charge in [0.1, 0.15) is 23.9 Å². The number of hydrogen-bond donors (Lipinski definition) is 2. The van der Waals surface area contributed by atoms with Crippen molar-refractivity contribution >= 4 is 11.6 Å². The molecule has 0 aromatic heterocycles. The molecule has 3 N–H and O–H groups in total. The number of hydrogen-bond acceptors (Lipinski definition) is 4. The molecule has 0 saturated heterocycles. The summed E-state index contributed by atoms with van der Waals surface area (Å²) in [4.78, 5) is 4.39. The van der Waals surface area contributed by atoms with Gasteiger partial charge in [-0.1, -0.05) is 36.4 Å². The number of para-hydroxylation sites is 1. The molecule has 0 radical (unpaired) electrons. The van der Waals surface area contributed by atoms with Crippen LogP contribution >= 0.6 is 0 Å². The van der Waals surface area contributed by atoms with Gasteiger partial charge >= 0.3 is 0 Å². The maximum absolute atomic E-state index is 6.03. The van der Waals surface area contributed by atoms with Crippen LogP contribution in [-0.4, -0.2) is 26.3 Å². The van der Waals surface area contributed by atoms with Crippen LogP contribution in [0.2, 0.25) is 0 Å². The molecule has 0 aliphatic carbocycles. The summed E-state index contributed by atoms with van der Waals surface area (Å²) < 4.78 is 16.4. The van der Waals surface area contributed by atoms with E-state index in [-0.39, 0.29) is 0 Å². The summed E-state index contributed by atoms with van der Waals surface area (Å²) in [7, 11) is 1.65. The van der Waals surface area contributed by atoms with Gasteiger partial charge in [-0.25, -0.2) is 4.99 Å². The Morgan fingerprint density at radius 3 is 2.38 bits per heavy atom. The highest BCUT2D eigenvalue weighted by molar-refractivity contribution is 5.92. The third-order valence-electron chi connectivity index (χ3n) is 4.00. The first-order chi connectivity index (χ1) is 14.2. The van der Waals surface area contributed by atoms with Crippen molar-refractivity contribution < 1.29 is 14.2 Å². The van der Waals surface area contributed by atoms with E-state index in [1.807, 2.05) is 78.9 Å². The molecule has 0 saturated carbocycles. The van der Waals surface area contributed by atoms with Crippen molar-refractivity contribution in [3.05, 3.63) is 84.4 Å². The van der Waals surface area contributed by atoms with Gasteiger partial charge in [0.2, 0.25) is 0 Å². The average Bonchev–Trinajstić information content (AvgIpc) is 2.74. The molecule has 0 aliphatic heterocycles. The second-order valence-electron chi connectivity index (χ2n) is 6.25. The van der Waals surface area contributed by atoms with E-state index in [0.29, 0.717) is 25.7 Å². The maximum atomic E-state index is 6.03. The van der Waals surface area contributed by atoms with Crippen LogP contribution in [0.25, 0.3) is 0 Å². The average molecular weight is 391 g/mol. The van der Waals surface area contributed by atoms with Crippen molar-refractivity contribution in [2.24, 2.45) is 10.7 Å². The second-order valence-corrected chi connectivity index (χ2v) is 6.25. The highest BCUT2D eigenvalue weighted by Gasteiger charge is 2.01. The van der Waals surface area contributed by atoms with Gasteiger partial charge in [-0.3, -0.25) is 0 Å². The molecule has 0 fully saturated rings. The Bertz CT molecular complexity index is 912. The number of aliphatic imine (C=N–C) groups is 1. The van der Waals surface area contributed by atoms with Crippen molar-refractivity contribution in [2.75, 3.05) is 25.6 Å². The SMILES string of the molecule is COCCOc1ccc(CN=C(N)Nc2cccc(Oc3ccccc3)c2)cc1. The number of guanidine groups is 1. The van der Waals surface area contributed by atoms with Crippen molar-refractivity contribution in [2.45, 2.75) is 6.54 Å². The number of nitrogens with one attached hydrogen (secondary N) is 1. The Morgan fingerprint density at radius 1 is 0.862 bits per heavy atom. The van der Waals surface area contributed by atoms with Crippen molar-refractivity contribution in [1.82, 2.24) is 0 Å². The van der Waals surface area contributed by atoms with Crippen LogP contribution in [-0.2, 0) is 11.3 Å². The topological polar surface area (TPSA) is 78.1 Å². The van der Waals surface area contributed by atoms with E-state index in [1.165, 1.54) is 0 Å². The zero-order valence-corrected chi connectivity index (χ0v) is 16.4. The first kappa shape index (κ1) is 20.2. The largest absolute Gasteiger partial charge is 0.491 e. The number of nitrogens with two attached hydrogens (primary N) is 1. The van der Waals surface area contributed by atoms with Crippen molar-refractivity contribution in [1.29, 1.82) is 0 Å². The van der Waals surface area contributed by atoms with Crippen LogP contribution in [0.4, 0.5) is 5.69 Å². The number of anilines is 1. The molecule has 3 aromatic carbocycles. The Balaban J connectivity index is 1.53. The normalized spacial score (nSPS) is 11.1. The third-order valence-corrected chi connectivity index (χ3v) is 4.00. The summed E-state index contributed by atoms with van der Waals surface area (Å²) in [5.41, 5.74) is 7.87. The minimum Gasteiger partial charge on any atom is -0.491 e. The van der Waals surface area contributed by atoms with E-state index in [4.69, 9.17) is 19.9 Å². The van der Waals surface area contributed by atoms with Gasteiger partial charge in [-0.15, -0.1) is 0 Å². The fourth-order valence-corrected chi connectivity index (χ4v) is 2.56. The highest BCUT2D eigenvalue weighted by Crippen LogP contribution is 2.23. The summed E-state index contributed by atoms with van der Waals surface area (Å²) in [5.74, 6) is 2.64. The number of rotatable bonds is 9. The van der Waals surface area contributed by atoms with Crippen LogP contribution in [0.15, 0.2) is 83.9 Å². The standard InChI is InChI=1S/C23H25N3O3/c1-27-14-15-28-20-12-10-18(11-13-20)17-25-23(24)26-19-6-5-9-22(16-19)29-21-7-3-2-4-8-21/h2-13,16H,14-15,17H2,1H3,(H3,24,25,26). The summed E-state index contributed by atoms with van der Waals surface area (Å²) in [5, 5.41) is 3.09. The minimum absolute atomic E-state index is 0.335. The first-order valence-corrected chi connectivity index (χ1v) is 9.33. The van der Waals surface area contributed by atoms with E-state index in [0.717, 1.165) is 28.5 Å². The smallest absolute Gasteiger partial charge is 0.193 e. The zero-order valence-electron chi connectivity index (χ0n) is 16.4. The quantitative estimate of drug-likeness (QED) is 0.320. The Kier molecular flexibility index (Phi) is 7.48. The fraction of sp³-hybridized carbons (Fsp3) is 0.174. The molecule has 0 unspecified atom stereocenters. The van der Waals surface area contributed by atoms with Crippen LogP contribution < -0.4 is 20.5 Å². The van der Waals surface area contributed by atoms with Gasteiger partial charge in [-0.05, 0) is 42.0 Å². The lowest BCUT2D eigenvalue weighted by molar-refractivity contribution is 0.146. The fourth-order valence-electron chi connectivity index (χ4n) is 2.56. The summed E-state index contributed by atoms with van der Waals surface area (Å²) in [6, 6.07) is 25.0. The van der Waals surface area contributed by atoms with Crippen LogP contribution in [0.3, 0.4) is 0 Å². The van der Waals surface area contributed by atoms with E-state index in [9.17, 15) is 0 Å². The predicted molar refractivity (Wildman–Crippen MR) is 116 cm³/mol. The van der Waals surface area contributed by atoms with Crippen molar-refractivity contribution in [3.63, 3.8) is 0 Å². The molecule has 0 spiro atoms. The monoisotopic (exact) mass is 391 g/mol. The Labute approximate surface area is 170 Å². The lowest BCUT2D eigenvalue weighted by Gasteiger charge is -2.09. The lowest BCUT2D eigenvalue weighted by atomic mass is 10.2. The van der Waals surface area contributed by atoms with E-state index >= 15 is 0 Å². The number of benzene rings is 3. The molecular formula is C23H25N3O3. The molecule has 29 heavy (non-hydrogen) atoms. The second kappa shape index (κ2) is 10.7. The summed E-state index contributed by atoms with van der Waals surface area (Å²) in [6.07, 6.45) is 0. The number of nitrogens with zero attached hydrogens (tertiary/aromatic N) is 1. The number of ether oxygens (including phenoxy) is 3. The molecule has 0 atom stereocenters. The molecule has 0 bridgehead atoms. The van der Waals surface area contributed by atoms with Gasteiger partial charge in [0.05, 0.1) is 13.2 Å². The Hall–Kier alpha value is -3.51. The van der Waals surface area contributed by atoms with Gasteiger partial charge in [0.25, 0.3) is 0 Å². The predicted octanol–water partition coefficient (Wildman–Crippen LogP) is 4.43. The van der Waals surface area contributed by atoms with Crippen LogP contribution in [0.5, 0.6) is 17.2 Å². The molecule has 150 valence electrons. The number of methoxy groups -OCH3 is 1. The van der Waals surface area contributed by atoms with Gasteiger partial charge in [0.15, 0.2) is 5.96 Å². The molecule has 3 aromatic rings. The zero-order chi connectivity index (χ0) is 20.3. The molecule has 0 aliphatic rings. The summed E-state index contributed by atoms with van der Waals surface area (Å²) >= 11 is 0.